The second-order valence-electron chi connectivity index (χ2n) is 5.26. The zero-order chi connectivity index (χ0) is 15.7. The normalized spacial score (nSPS) is 14.5. The summed E-state index contributed by atoms with van der Waals surface area (Å²) in [5.74, 6) is -0.0788. The second-order valence-corrected chi connectivity index (χ2v) is 6.82. The van der Waals surface area contributed by atoms with Gasteiger partial charge in [0.15, 0.2) is 0 Å². The first-order chi connectivity index (χ1) is 10.5. The van der Waals surface area contributed by atoms with Crippen molar-refractivity contribution in [3.8, 4) is 0 Å². The van der Waals surface area contributed by atoms with Crippen LogP contribution < -0.4 is 10.0 Å². The molecule has 0 aliphatic carbocycles. The Morgan fingerprint density at radius 1 is 1.09 bits per heavy atom. The summed E-state index contributed by atoms with van der Waals surface area (Å²) in [6.07, 6.45) is 1.52. The summed E-state index contributed by atoms with van der Waals surface area (Å²) in [7, 11) is -3.73. The molecule has 0 unspecified atom stereocenters. The van der Waals surface area contributed by atoms with Gasteiger partial charge in [-0.3, -0.25) is 4.79 Å². The van der Waals surface area contributed by atoms with Crippen molar-refractivity contribution in [1.82, 2.24) is 0 Å². The van der Waals surface area contributed by atoms with E-state index in [1.54, 1.807) is 29.2 Å². The number of nitrogens with two attached hydrogens (primary N) is 1. The Bertz CT molecular complexity index is 817. The number of anilines is 1. The molecule has 1 aliphatic rings. The molecule has 1 amide bonds. The molecule has 2 aromatic carbocycles. The number of aryl methyl sites for hydroxylation is 1. The van der Waals surface area contributed by atoms with Crippen LogP contribution in [0.5, 0.6) is 0 Å². The number of hydrogen-bond acceptors (Lipinski definition) is 3. The lowest BCUT2D eigenvalue weighted by atomic mass is 10.0. The Hall–Kier alpha value is -2.18. The number of fused-ring (bicyclic) bond motifs is 1. The van der Waals surface area contributed by atoms with Crippen molar-refractivity contribution < 1.29 is 13.2 Å². The SMILES string of the molecule is NS(=O)(=O)c1ccc2c(c1)CCCN2C(=O)c1ccccc1. The van der Waals surface area contributed by atoms with Crippen LogP contribution in [-0.2, 0) is 16.4 Å². The van der Waals surface area contributed by atoms with Crippen molar-refractivity contribution in [2.24, 2.45) is 5.14 Å². The van der Waals surface area contributed by atoms with Crippen LogP contribution >= 0.6 is 0 Å². The van der Waals surface area contributed by atoms with Gasteiger partial charge in [-0.05, 0) is 48.7 Å². The molecule has 22 heavy (non-hydrogen) atoms. The lowest BCUT2D eigenvalue weighted by Gasteiger charge is -2.30. The van der Waals surface area contributed by atoms with Crippen LogP contribution in [0.4, 0.5) is 5.69 Å². The highest BCUT2D eigenvalue weighted by Crippen LogP contribution is 2.30. The van der Waals surface area contributed by atoms with Gasteiger partial charge < -0.3 is 4.90 Å². The van der Waals surface area contributed by atoms with Gasteiger partial charge in [-0.1, -0.05) is 18.2 Å². The van der Waals surface area contributed by atoms with Crippen molar-refractivity contribution in [3.63, 3.8) is 0 Å². The zero-order valence-electron chi connectivity index (χ0n) is 11.9. The molecule has 0 fully saturated rings. The fourth-order valence-electron chi connectivity index (χ4n) is 2.70. The number of carbonyl (C=O) groups is 1. The molecule has 1 aliphatic heterocycles. The van der Waals surface area contributed by atoms with Crippen molar-refractivity contribution in [2.45, 2.75) is 17.7 Å². The number of sulfonamides is 1. The molecule has 3 rings (SSSR count). The highest BCUT2D eigenvalue weighted by molar-refractivity contribution is 7.89. The van der Waals surface area contributed by atoms with Gasteiger partial charge in [0, 0.05) is 17.8 Å². The van der Waals surface area contributed by atoms with Gasteiger partial charge in [0.25, 0.3) is 5.91 Å². The second kappa shape index (κ2) is 5.55. The van der Waals surface area contributed by atoms with Crippen molar-refractivity contribution in [2.75, 3.05) is 11.4 Å². The van der Waals surface area contributed by atoms with Crippen LogP contribution in [-0.4, -0.2) is 20.9 Å². The zero-order valence-corrected chi connectivity index (χ0v) is 12.7. The van der Waals surface area contributed by atoms with Crippen LogP contribution in [0.3, 0.4) is 0 Å². The summed E-state index contributed by atoms with van der Waals surface area (Å²) < 4.78 is 22.9. The number of primary sulfonamides is 1. The number of benzene rings is 2. The maximum absolute atomic E-state index is 12.6. The maximum Gasteiger partial charge on any atom is 0.258 e. The van der Waals surface area contributed by atoms with E-state index >= 15 is 0 Å². The molecular weight excluding hydrogens is 300 g/mol. The highest BCUT2D eigenvalue weighted by Gasteiger charge is 2.24. The van der Waals surface area contributed by atoms with E-state index in [4.69, 9.17) is 5.14 Å². The minimum Gasteiger partial charge on any atom is -0.308 e. The van der Waals surface area contributed by atoms with Crippen LogP contribution in [0.1, 0.15) is 22.3 Å². The lowest BCUT2D eigenvalue weighted by Crippen LogP contribution is -2.35. The Balaban J connectivity index is 2.00. The molecule has 1 heterocycles. The fraction of sp³-hybridized carbons (Fsp3) is 0.188. The summed E-state index contributed by atoms with van der Waals surface area (Å²) in [6.45, 7) is 0.620. The van der Waals surface area contributed by atoms with Crippen molar-refractivity contribution in [1.29, 1.82) is 0 Å². The summed E-state index contributed by atoms with van der Waals surface area (Å²) in [5, 5.41) is 5.17. The van der Waals surface area contributed by atoms with Gasteiger partial charge in [-0.25, -0.2) is 13.6 Å². The molecule has 0 atom stereocenters. The standard InChI is InChI=1S/C16H16N2O3S/c17-22(20,21)14-8-9-15-13(11-14)7-4-10-18(15)16(19)12-5-2-1-3-6-12/h1-3,5-6,8-9,11H,4,7,10H2,(H2,17,20,21). The number of carbonyl (C=O) groups excluding carboxylic acids is 1. The predicted molar refractivity (Wildman–Crippen MR) is 84.3 cm³/mol. The molecule has 0 spiro atoms. The van der Waals surface area contributed by atoms with E-state index in [0.29, 0.717) is 12.1 Å². The quantitative estimate of drug-likeness (QED) is 0.919. The molecule has 2 N–H and O–H groups in total. The van der Waals surface area contributed by atoms with Crippen molar-refractivity contribution in [3.05, 3.63) is 59.7 Å². The van der Waals surface area contributed by atoms with E-state index in [2.05, 4.69) is 0 Å². The molecule has 5 nitrogen and oxygen atoms in total. The topological polar surface area (TPSA) is 80.5 Å². The van der Waals surface area contributed by atoms with E-state index in [9.17, 15) is 13.2 Å². The third-order valence-electron chi connectivity index (χ3n) is 3.76. The van der Waals surface area contributed by atoms with E-state index in [0.717, 1.165) is 24.1 Å². The van der Waals surface area contributed by atoms with Crippen LogP contribution in [0.2, 0.25) is 0 Å². The number of hydrogen-bond donors (Lipinski definition) is 1. The molecule has 0 saturated carbocycles. The largest absolute Gasteiger partial charge is 0.308 e. The summed E-state index contributed by atoms with van der Waals surface area (Å²) in [6, 6.07) is 13.7. The summed E-state index contributed by atoms with van der Waals surface area (Å²) in [4.78, 5) is 14.4. The van der Waals surface area contributed by atoms with Crippen LogP contribution in [0.25, 0.3) is 0 Å². The summed E-state index contributed by atoms with van der Waals surface area (Å²) in [5.41, 5.74) is 2.21. The van der Waals surface area contributed by atoms with E-state index in [1.807, 2.05) is 18.2 Å². The van der Waals surface area contributed by atoms with Gasteiger partial charge in [-0.2, -0.15) is 0 Å². The molecule has 0 saturated heterocycles. The molecule has 6 heteroatoms. The van der Waals surface area contributed by atoms with Crippen LogP contribution in [0.15, 0.2) is 53.4 Å². The van der Waals surface area contributed by atoms with E-state index in [1.165, 1.54) is 6.07 Å². The smallest absolute Gasteiger partial charge is 0.258 e. The first-order valence-corrected chi connectivity index (χ1v) is 8.54. The average molecular weight is 316 g/mol. The molecule has 2 aromatic rings. The van der Waals surface area contributed by atoms with Crippen LogP contribution in [0, 0.1) is 0 Å². The Labute approximate surface area is 129 Å². The minimum atomic E-state index is -3.73. The Morgan fingerprint density at radius 2 is 1.82 bits per heavy atom. The number of amides is 1. The maximum atomic E-state index is 12.6. The third-order valence-corrected chi connectivity index (χ3v) is 4.68. The van der Waals surface area contributed by atoms with Gasteiger partial charge in [0.05, 0.1) is 4.90 Å². The Morgan fingerprint density at radius 3 is 2.50 bits per heavy atom. The third kappa shape index (κ3) is 2.75. The fourth-order valence-corrected chi connectivity index (χ4v) is 3.26. The molecule has 0 bridgehead atoms. The van der Waals surface area contributed by atoms with Crippen molar-refractivity contribution >= 4 is 21.6 Å². The highest BCUT2D eigenvalue weighted by atomic mass is 32.2. The first kappa shape index (κ1) is 14.7. The van der Waals surface area contributed by atoms with Gasteiger partial charge in [0.1, 0.15) is 0 Å². The predicted octanol–water partition coefficient (Wildman–Crippen LogP) is 1.93. The number of nitrogens with zero attached hydrogens (tertiary/aromatic N) is 1. The van der Waals surface area contributed by atoms with Gasteiger partial charge in [-0.15, -0.1) is 0 Å². The molecular formula is C16H16N2O3S. The molecule has 114 valence electrons. The summed E-state index contributed by atoms with van der Waals surface area (Å²) >= 11 is 0. The van der Waals surface area contributed by atoms with Gasteiger partial charge >= 0.3 is 0 Å². The van der Waals surface area contributed by atoms with E-state index in [-0.39, 0.29) is 10.8 Å². The Kier molecular flexibility index (Phi) is 3.72. The lowest BCUT2D eigenvalue weighted by molar-refractivity contribution is 0.0985. The first-order valence-electron chi connectivity index (χ1n) is 6.99. The van der Waals surface area contributed by atoms with Gasteiger partial charge in [0.2, 0.25) is 10.0 Å². The monoisotopic (exact) mass is 316 g/mol. The van der Waals surface area contributed by atoms with E-state index < -0.39 is 10.0 Å². The number of rotatable bonds is 2. The molecule has 0 aromatic heterocycles. The molecule has 0 radical (unpaired) electrons. The average Bonchev–Trinajstić information content (AvgIpc) is 2.53. The minimum absolute atomic E-state index is 0.0788.